The highest BCUT2D eigenvalue weighted by molar-refractivity contribution is 6.08. The van der Waals surface area contributed by atoms with E-state index in [0.29, 0.717) is 6.61 Å². The first kappa shape index (κ1) is 14.9. The van der Waals surface area contributed by atoms with Gasteiger partial charge in [0.2, 0.25) is 5.91 Å². The largest absolute Gasteiger partial charge is 0.357 e. The number of rotatable bonds is 5. The number of carbonyl (C=O) groups is 2. The Kier molecular flexibility index (Phi) is 5.52. The summed E-state index contributed by atoms with van der Waals surface area (Å²) in [5.74, 6) is -0.991. The third-order valence-electron chi connectivity index (χ3n) is 3.06. The molecule has 0 saturated carbocycles. The average Bonchev–Trinajstić information content (AvgIpc) is 2.43. The van der Waals surface area contributed by atoms with Gasteiger partial charge in [-0.2, -0.15) is 0 Å². The smallest absolute Gasteiger partial charge is 0.273 e. The second kappa shape index (κ2) is 6.67. The first-order valence-corrected chi connectivity index (χ1v) is 6.03. The molecule has 7 heteroatoms. The summed E-state index contributed by atoms with van der Waals surface area (Å²) in [5, 5.41) is 5.10. The van der Waals surface area contributed by atoms with Crippen LogP contribution in [0, 0.1) is 0 Å². The van der Waals surface area contributed by atoms with Gasteiger partial charge in [-0.1, -0.05) is 0 Å². The maximum absolute atomic E-state index is 11.9. The van der Waals surface area contributed by atoms with Crippen LogP contribution in [0.5, 0.6) is 0 Å². The quantitative estimate of drug-likeness (QED) is 0.448. The molecule has 18 heavy (non-hydrogen) atoms. The van der Waals surface area contributed by atoms with Gasteiger partial charge in [0.1, 0.15) is 0 Å². The standard InChI is InChI=1S/C11H21N3O4/c1-11(13-3,9(15)12-2)10(16)14-18-8-6-4-5-7-17-8/h8,13H,4-7H2,1-3H3,(H,12,15)(H,14,16). The molecule has 7 nitrogen and oxygen atoms in total. The van der Waals surface area contributed by atoms with Crippen molar-refractivity contribution in [2.24, 2.45) is 0 Å². The van der Waals surface area contributed by atoms with Crippen LogP contribution in [0.25, 0.3) is 0 Å². The van der Waals surface area contributed by atoms with Crippen molar-refractivity contribution < 1.29 is 19.2 Å². The summed E-state index contributed by atoms with van der Waals surface area (Å²) in [6, 6.07) is 0. The van der Waals surface area contributed by atoms with Crippen molar-refractivity contribution in [3.63, 3.8) is 0 Å². The number of hydrogen-bond donors (Lipinski definition) is 3. The summed E-state index contributed by atoms with van der Waals surface area (Å²) in [5.41, 5.74) is 0.900. The van der Waals surface area contributed by atoms with Crippen LogP contribution in [-0.2, 0) is 19.2 Å². The lowest BCUT2D eigenvalue weighted by atomic mass is 10.0. The third-order valence-corrected chi connectivity index (χ3v) is 3.06. The van der Waals surface area contributed by atoms with Crippen molar-refractivity contribution in [1.82, 2.24) is 16.1 Å². The van der Waals surface area contributed by atoms with E-state index < -0.39 is 23.6 Å². The molecule has 1 fully saturated rings. The summed E-state index contributed by atoms with van der Waals surface area (Å²) in [6.45, 7) is 2.10. The van der Waals surface area contributed by atoms with Gasteiger partial charge < -0.3 is 10.1 Å². The van der Waals surface area contributed by atoms with Gasteiger partial charge in [0.15, 0.2) is 11.8 Å². The number of carbonyl (C=O) groups excluding carboxylic acids is 2. The van der Waals surface area contributed by atoms with Crippen LogP contribution < -0.4 is 16.1 Å². The molecule has 2 amide bonds. The van der Waals surface area contributed by atoms with Crippen LogP contribution in [-0.4, -0.2) is 44.3 Å². The van der Waals surface area contributed by atoms with E-state index in [1.54, 1.807) is 0 Å². The summed E-state index contributed by atoms with van der Waals surface area (Å²) in [7, 11) is 3.00. The Labute approximate surface area is 107 Å². The molecule has 1 aliphatic heterocycles. The SMILES string of the molecule is CNC(=O)C(C)(NC)C(=O)NOC1CCCCO1. The number of hydrogen-bond acceptors (Lipinski definition) is 5. The lowest BCUT2D eigenvalue weighted by Gasteiger charge is -2.27. The van der Waals surface area contributed by atoms with E-state index in [2.05, 4.69) is 16.1 Å². The van der Waals surface area contributed by atoms with Crippen molar-refractivity contribution in [2.75, 3.05) is 20.7 Å². The third kappa shape index (κ3) is 3.41. The molecular weight excluding hydrogens is 238 g/mol. The Morgan fingerprint density at radius 2 is 2.00 bits per heavy atom. The van der Waals surface area contributed by atoms with Crippen LogP contribution in [0.1, 0.15) is 26.2 Å². The predicted octanol–water partition coefficient (Wildman–Crippen LogP) is -0.715. The van der Waals surface area contributed by atoms with Crippen molar-refractivity contribution in [3.8, 4) is 0 Å². The summed E-state index contributed by atoms with van der Waals surface area (Å²) >= 11 is 0. The van der Waals surface area contributed by atoms with E-state index >= 15 is 0 Å². The highest BCUT2D eigenvalue weighted by Gasteiger charge is 2.39. The van der Waals surface area contributed by atoms with Crippen molar-refractivity contribution in [3.05, 3.63) is 0 Å². The number of nitrogens with one attached hydrogen (secondary N) is 3. The van der Waals surface area contributed by atoms with Crippen LogP contribution in [0.3, 0.4) is 0 Å². The molecule has 0 aromatic heterocycles. The molecule has 0 aromatic rings. The Morgan fingerprint density at radius 3 is 2.50 bits per heavy atom. The molecule has 0 spiro atoms. The minimum atomic E-state index is -1.37. The minimum Gasteiger partial charge on any atom is -0.357 e. The maximum atomic E-state index is 11.9. The van der Waals surface area contributed by atoms with E-state index in [9.17, 15) is 9.59 Å². The Hall–Kier alpha value is -1.18. The number of amides is 2. The summed E-state index contributed by atoms with van der Waals surface area (Å²) in [6.07, 6.45) is 2.30. The average molecular weight is 259 g/mol. The zero-order valence-electron chi connectivity index (χ0n) is 11.0. The highest BCUT2D eigenvalue weighted by atomic mass is 16.8. The van der Waals surface area contributed by atoms with Gasteiger partial charge in [0, 0.05) is 20.1 Å². The second-order valence-electron chi connectivity index (χ2n) is 4.30. The highest BCUT2D eigenvalue weighted by Crippen LogP contribution is 2.13. The van der Waals surface area contributed by atoms with Crippen LogP contribution in [0.4, 0.5) is 0 Å². The topological polar surface area (TPSA) is 88.7 Å². The van der Waals surface area contributed by atoms with Crippen LogP contribution in [0.15, 0.2) is 0 Å². The van der Waals surface area contributed by atoms with E-state index in [4.69, 9.17) is 9.57 Å². The Morgan fingerprint density at radius 1 is 1.28 bits per heavy atom. The van der Waals surface area contributed by atoms with Crippen LogP contribution in [0.2, 0.25) is 0 Å². The van der Waals surface area contributed by atoms with E-state index in [1.807, 2.05) is 0 Å². The van der Waals surface area contributed by atoms with Gasteiger partial charge >= 0.3 is 0 Å². The summed E-state index contributed by atoms with van der Waals surface area (Å²) in [4.78, 5) is 28.7. The minimum absolute atomic E-state index is 0.435. The number of ether oxygens (including phenoxy) is 1. The van der Waals surface area contributed by atoms with E-state index in [0.717, 1.165) is 19.3 Å². The van der Waals surface area contributed by atoms with Gasteiger partial charge in [-0.25, -0.2) is 10.3 Å². The van der Waals surface area contributed by atoms with Gasteiger partial charge in [0.25, 0.3) is 5.91 Å². The van der Waals surface area contributed by atoms with Crippen molar-refractivity contribution in [2.45, 2.75) is 38.0 Å². The molecule has 1 aliphatic rings. The van der Waals surface area contributed by atoms with Crippen LogP contribution >= 0.6 is 0 Å². The van der Waals surface area contributed by atoms with Gasteiger partial charge in [-0.05, 0) is 26.8 Å². The molecule has 1 saturated heterocycles. The normalized spacial score (nSPS) is 22.9. The molecule has 104 valence electrons. The first-order chi connectivity index (χ1) is 8.54. The fourth-order valence-corrected chi connectivity index (χ4v) is 1.61. The first-order valence-electron chi connectivity index (χ1n) is 6.03. The van der Waals surface area contributed by atoms with Gasteiger partial charge in [0.05, 0.1) is 0 Å². The molecule has 3 N–H and O–H groups in total. The molecule has 0 aliphatic carbocycles. The van der Waals surface area contributed by atoms with Crippen molar-refractivity contribution in [1.29, 1.82) is 0 Å². The predicted molar refractivity (Wildman–Crippen MR) is 64.4 cm³/mol. The Balaban J connectivity index is 2.49. The zero-order valence-corrected chi connectivity index (χ0v) is 11.0. The monoisotopic (exact) mass is 259 g/mol. The molecule has 1 heterocycles. The van der Waals surface area contributed by atoms with E-state index in [-0.39, 0.29) is 0 Å². The molecule has 1 rings (SSSR count). The van der Waals surface area contributed by atoms with Gasteiger partial charge in [-0.15, -0.1) is 0 Å². The molecule has 0 bridgehead atoms. The van der Waals surface area contributed by atoms with Gasteiger partial charge in [-0.3, -0.25) is 14.9 Å². The Bertz CT molecular complexity index is 305. The fraction of sp³-hybridized carbons (Fsp3) is 0.818. The lowest BCUT2D eigenvalue weighted by molar-refractivity contribution is -0.203. The molecule has 0 aromatic carbocycles. The molecule has 2 unspecified atom stereocenters. The number of likely N-dealkylation sites (N-methyl/N-ethyl adjacent to an activating group) is 2. The zero-order chi connectivity index (χ0) is 13.6. The molecule has 0 radical (unpaired) electrons. The van der Waals surface area contributed by atoms with Crippen molar-refractivity contribution >= 4 is 11.8 Å². The number of hydroxylamine groups is 1. The van der Waals surface area contributed by atoms with E-state index in [1.165, 1.54) is 21.0 Å². The maximum Gasteiger partial charge on any atom is 0.273 e. The second-order valence-corrected chi connectivity index (χ2v) is 4.30. The fourth-order valence-electron chi connectivity index (χ4n) is 1.61. The lowest BCUT2D eigenvalue weighted by Crippen LogP contribution is -2.62. The summed E-state index contributed by atoms with van der Waals surface area (Å²) < 4.78 is 5.30. The molecule has 2 atom stereocenters. The molecular formula is C11H21N3O4.